The van der Waals surface area contributed by atoms with Crippen molar-refractivity contribution in [1.82, 2.24) is 0 Å². The van der Waals surface area contributed by atoms with Crippen LogP contribution in [-0.4, -0.2) is 181 Å². The number of hydrogen-bond donors (Lipinski definition) is 10. The zero-order valence-corrected chi connectivity index (χ0v) is 33.5. The first-order chi connectivity index (χ1) is 26.9. The third-order valence-corrected chi connectivity index (χ3v) is 15.5. The highest BCUT2D eigenvalue weighted by atomic mass is 16.8. The molecule has 17 heteroatoms. The molecule has 3 saturated heterocycles. The van der Waals surface area contributed by atoms with Gasteiger partial charge in [-0.05, 0) is 88.4 Å². The van der Waals surface area contributed by atoms with Gasteiger partial charge in [0.1, 0.15) is 67.1 Å². The quantitative estimate of drug-likeness (QED) is 0.113. The first-order valence-electron chi connectivity index (χ1n) is 20.8. The zero-order chi connectivity index (χ0) is 41.4. The van der Waals surface area contributed by atoms with Crippen molar-refractivity contribution in [2.45, 2.75) is 189 Å². The number of ether oxygens (including phenoxy) is 7. The Labute approximate surface area is 333 Å². The number of allylic oxidation sites excluding steroid dienone is 1. The van der Waals surface area contributed by atoms with E-state index in [2.05, 4.69) is 19.9 Å². The summed E-state index contributed by atoms with van der Waals surface area (Å²) < 4.78 is 41.2. The molecule has 7 aliphatic rings. The SMILES string of the molecule is CO[C@@H]1[C@@H](O)[C@H](O[C@H]2CC[C@@]3(C)C(=CC[C@@H]4[C@@H]3CC[C@]3(C)[C@@H](C(C)O)CC[C@]43O)C2)O[C@H](C)[C@@H]1O[C@@H]1O[C@H](CO[C@@H]2O[C@H](CO)[C@@H](O)[C@H](O)[C@H]2O)[C@@H](O)[C@H](O)[C@H]1O. The van der Waals surface area contributed by atoms with Crippen molar-refractivity contribution in [3.8, 4) is 0 Å². The zero-order valence-electron chi connectivity index (χ0n) is 33.5. The summed E-state index contributed by atoms with van der Waals surface area (Å²) in [5, 5.41) is 107. The fraction of sp³-hybridized carbons (Fsp3) is 0.950. The molecule has 3 heterocycles. The van der Waals surface area contributed by atoms with E-state index in [9.17, 15) is 51.1 Å². The van der Waals surface area contributed by atoms with Crippen molar-refractivity contribution in [3.63, 3.8) is 0 Å². The van der Waals surface area contributed by atoms with E-state index in [4.69, 9.17) is 33.2 Å². The maximum atomic E-state index is 12.3. The predicted octanol–water partition coefficient (Wildman–Crippen LogP) is -1.42. The Bertz CT molecular complexity index is 1420. The minimum atomic E-state index is -1.77. The summed E-state index contributed by atoms with van der Waals surface area (Å²) in [6, 6.07) is 0. The molecule has 3 saturated carbocycles. The second kappa shape index (κ2) is 16.7. The molecule has 17 nitrogen and oxygen atoms in total. The minimum Gasteiger partial charge on any atom is -0.394 e. The van der Waals surface area contributed by atoms with Crippen LogP contribution in [0.4, 0.5) is 0 Å². The van der Waals surface area contributed by atoms with E-state index in [1.807, 2.05) is 6.92 Å². The average molecular weight is 819 g/mol. The number of aliphatic hydroxyl groups is 10. The standard InChI is InChI=1S/C40H66O17/c1-17(42)21-10-13-40(50)23-7-6-19-14-20(8-11-38(19,3)22(23)9-12-39(21,40)4)54-37-32(49)34(51-5)33(18(2)53-37)57-36-31(48)29(46)27(44)25(56-36)16-52-35-30(47)28(45)26(43)24(15-41)55-35/h6,17-18,20-37,41-50H,7-16H2,1-5H3/t17?,18-,20+,21-,22+,23-,24-,25-,26-,27-,28+,29+,30-,31-,32-,33+,34-,35-,36+,37+,38+,39-,40+/m1/s1. The third kappa shape index (κ3) is 7.47. The van der Waals surface area contributed by atoms with Crippen molar-refractivity contribution < 1.29 is 84.2 Å². The Morgan fingerprint density at radius 3 is 2.07 bits per heavy atom. The molecule has 0 amide bonds. The molecule has 4 aliphatic carbocycles. The molecule has 0 spiro atoms. The van der Waals surface area contributed by atoms with Crippen LogP contribution in [0, 0.1) is 28.6 Å². The fourth-order valence-electron chi connectivity index (χ4n) is 12.0. The van der Waals surface area contributed by atoms with Crippen molar-refractivity contribution in [3.05, 3.63) is 11.6 Å². The van der Waals surface area contributed by atoms with Gasteiger partial charge in [0.25, 0.3) is 0 Å². The molecule has 0 aromatic heterocycles. The smallest absolute Gasteiger partial charge is 0.187 e. The molecule has 328 valence electrons. The van der Waals surface area contributed by atoms with E-state index in [1.54, 1.807) is 6.92 Å². The molecule has 0 aromatic rings. The first-order valence-corrected chi connectivity index (χ1v) is 20.8. The first kappa shape index (κ1) is 44.1. The summed E-state index contributed by atoms with van der Waals surface area (Å²) in [7, 11) is 1.39. The van der Waals surface area contributed by atoms with Gasteiger partial charge in [-0.15, -0.1) is 0 Å². The molecular weight excluding hydrogens is 752 g/mol. The molecule has 1 unspecified atom stereocenters. The Hall–Kier alpha value is -0.940. The van der Waals surface area contributed by atoms with Gasteiger partial charge in [0, 0.05) is 12.5 Å². The van der Waals surface area contributed by atoms with Crippen molar-refractivity contribution in [2.24, 2.45) is 28.6 Å². The van der Waals surface area contributed by atoms with Gasteiger partial charge in [-0.25, -0.2) is 0 Å². The third-order valence-electron chi connectivity index (χ3n) is 15.5. The number of rotatable bonds is 10. The maximum absolute atomic E-state index is 12.3. The molecule has 0 aromatic carbocycles. The summed E-state index contributed by atoms with van der Waals surface area (Å²) in [6.45, 7) is 6.84. The van der Waals surface area contributed by atoms with Crippen LogP contribution in [0.5, 0.6) is 0 Å². The molecule has 0 radical (unpaired) electrons. The highest BCUT2D eigenvalue weighted by molar-refractivity contribution is 5.28. The van der Waals surface area contributed by atoms with Crippen LogP contribution in [0.2, 0.25) is 0 Å². The van der Waals surface area contributed by atoms with Gasteiger partial charge in [-0.2, -0.15) is 0 Å². The van der Waals surface area contributed by atoms with E-state index >= 15 is 0 Å². The lowest BCUT2D eigenvalue weighted by molar-refractivity contribution is -0.366. The van der Waals surface area contributed by atoms with Gasteiger partial charge < -0.3 is 84.2 Å². The summed E-state index contributed by atoms with van der Waals surface area (Å²) in [5.74, 6) is 0.518. The highest BCUT2D eigenvalue weighted by Crippen LogP contribution is 2.68. The van der Waals surface area contributed by atoms with Gasteiger partial charge in [0.2, 0.25) is 0 Å². The number of fused-ring (bicyclic) bond motifs is 5. The fourth-order valence-corrected chi connectivity index (χ4v) is 12.0. The molecular formula is C40H66O17. The Morgan fingerprint density at radius 1 is 0.754 bits per heavy atom. The monoisotopic (exact) mass is 818 g/mol. The lowest BCUT2D eigenvalue weighted by Crippen LogP contribution is -2.65. The molecule has 3 aliphatic heterocycles. The van der Waals surface area contributed by atoms with Crippen LogP contribution in [0.15, 0.2) is 11.6 Å². The Kier molecular flexibility index (Phi) is 13.0. The minimum absolute atomic E-state index is 0.0837. The van der Waals surface area contributed by atoms with Crippen LogP contribution in [-0.2, 0) is 33.2 Å². The van der Waals surface area contributed by atoms with Crippen LogP contribution in [0.25, 0.3) is 0 Å². The Morgan fingerprint density at radius 2 is 1.40 bits per heavy atom. The average Bonchev–Trinajstić information content (AvgIpc) is 3.47. The highest BCUT2D eigenvalue weighted by Gasteiger charge is 2.67. The Balaban J connectivity index is 0.972. The van der Waals surface area contributed by atoms with Gasteiger partial charge in [-0.3, -0.25) is 0 Å². The summed E-state index contributed by atoms with van der Waals surface area (Å²) in [6.07, 6.45) is -13.2. The van der Waals surface area contributed by atoms with Crippen LogP contribution in [0.3, 0.4) is 0 Å². The summed E-state index contributed by atoms with van der Waals surface area (Å²) in [4.78, 5) is 0. The molecule has 23 atom stereocenters. The normalized spacial score (nSPS) is 54.6. The van der Waals surface area contributed by atoms with Crippen LogP contribution >= 0.6 is 0 Å². The number of methoxy groups -OCH3 is 1. The molecule has 7 rings (SSSR count). The van der Waals surface area contributed by atoms with Crippen molar-refractivity contribution in [2.75, 3.05) is 20.3 Å². The maximum Gasteiger partial charge on any atom is 0.187 e. The van der Waals surface area contributed by atoms with E-state index in [0.717, 1.165) is 38.5 Å². The van der Waals surface area contributed by atoms with Crippen molar-refractivity contribution in [1.29, 1.82) is 0 Å². The lowest BCUT2D eigenvalue weighted by Gasteiger charge is -2.61. The van der Waals surface area contributed by atoms with Gasteiger partial charge in [-0.1, -0.05) is 25.5 Å². The predicted molar refractivity (Wildman–Crippen MR) is 196 cm³/mol. The van der Waals surface area contributed by atoms with E-state index in [-0.39, 0.29) is 28.8 Å². The molecule has 0 bridgehead atoms. The number of aliphatic hydroxyl groups excluding tert-OH is 9. The number of hydrogen-bond acceptors (Lipinski definition) is 17. The van der Waals surface area contributed by atoms with Gasteiger partial charge >= 0.3 is 0 Å². The van der Waals surface area contributed by atoms with Crippen molar-refractivity contribution >= 4 is 0 Å². The largest absolute Gasteiger partial charge is 0.394 e. The molecule has 10 N–H and O–H groups in total. The second-order valence-electron chi connectivity index (χ2n) is 18.4. The topological polar surface area (TPSA) is 267 Å². The molecule has 6 fully saturated rings. The van der Waals surface area contributed by atoms with Gasteiger partial charge in [0.15, 0.2) is 18.9 Å². The lowest BCUT2D eigenvalue weighted by atomic mass is 9.45. The second-order valence-corrected chi connectivity index (χ2v) is 18.4. The van der Waals surface area contributed by atoms with E-state index in [0.29, 0.717) is 18.8 Å². The summed E-state index contributed by atoms with van der Waals surface area (Å²) in [5.41, 5.74) is 0.0610. The van der Waals surface area contributed by atoms with Crippen LogP contribution < -0.4 is 0 Å². The summed E-state index contributed by atoms with van der Waals surface area (Å²) >= 11 is 0. The molecule has 57 heavy (non-hydrogen) atoms. The van der Waals surface area contributed by atoms with E-state index in [1.165, 1.54) is 12.7 Å². The van der Waals surface area contributed by atoms with Gasteiger partial charge in [0.05, 0.1) is 37.1 Å². The van der Waals surface area contributed by atoms with Crippen LogP contribution in [0.1, 0.15) is 79.1 Å². The van der Waals surface area contributed by atoms with E-state index < -0.39 is 117 Å².